The number of carbonyl (C=O) groups excluding carboxylic acids is 1. The lowest BCUT2D eigenvalue weighted by Gasteiger charge is -2.27. The van der Waals surface area contributed by atoms with E-state index in [-0.39, 0.29) is 17.8 Å². The van der Waals surface area contributed by atoms with Crippen LogP contribution < -0.4 is 15.5 Å². The maximum Gasteiger partial charge on any atom is 0.296 e. The molecule has 1 amide bonds. The van der Waals surface area contributed by atoms with E-state index in [1.54, 1.807) is 60.7 Å². The number of anilines is 4. The zero-order valence-corrected chi connectivity index (χ0v) is 21.2. The van der Waals surface area contributed by atoms with Crippen molar-refractivity contribution < 1.29 is 18.3 Å². The highest BCUT2D eigenvalue weighted by atomic mass is 19.3. The first kappa shape index (κ1) is 25.3. The van der Waals surface area contributed by atoms with Gasteiger partial charge in [0.1, 0.15) is 0 Å². The first-order valence-corrected chi connectivity index (χ1v) is 12.6. The predicted octanol–water partition coefficient (Wildman–Crippen LogP) is 4.98. The zero-order valence-electron chi connectivity index (χ0n) is 21.2. The minimum Gasteiger partial charge on any atom is -0.378 e. The Morgan fingerprint density at radius 3 is 2.25 bits per heavy atom. The van der Waals surface area contributed by atoms with E-state index in [9.17, 15) is 13.6 Å². The molecule has 3 heterocycles. The topological polar surface area (TPSA) is 110 Å². The van der Waals surface area contributed by atoms with Gasteiger partial charge in [-0.25, -0.2) is 13.8 Å². The predicted molar refractivity (Wildman–Crippen MR) is 147 cm³/mol. The average molecular weight is 543 g/mol. The number of nitrogens with zero attached hydrogens (tertiary/aromatic N) is 6. The summed E-state index contributed by atoms with van der Waals surface area (Å²) in [5.74, 6) is -0.207. The number of para-hydroxylation sites is 3. The summed E-state index contributed by atoms with van der Waals surface area (Å²) in [5.41, 5.74) is 2.62. The maximum absolute atomic E-state index is 14.1. The fourth-order valence-corrected chi connectivity index (χ4v) is 4.37. The third-order valence-corrected chi connectivity index (χ3v) is 6.32. The molecule has 40 heavy (non-hydrogen) atoms. The van der Waals surface area contributed by atoms with E-state index in [1.807, 2.05) is 23.1 Å². The molecule has 3 aromatic carbocycles. The van der Waals surface area contributed by atoms with Gasteiger partial charge in [0, 0.05) is 30.0 Å². The number of ether oxygens (including phenoxy) is 1. The second kappa shape index (κ2) is 11.0. The summed E-state index contributed by atoms with van der Waals surface area (Å²) in [7, 11) is 0. The molecule has 2 aromatic heterocycles. The zero-order chi connectivity index (χ0) is 27.5. The van der Waals surface area contributed by atoms with Crippen molar-refractivity contribution in [1.82, 2.24) is 24.5 Å². The molecule has 0 aliphatic carbocycles. The lowest BCUT2D eigenvalue weighted by molar-refractivity contribution is 0.102. The van der Waals surface area contributed by atoms with Gasteiger partial charge in [0.15, 0.2) is 5.82 Å². The van der Waals surface area contributed by atoms with Crippen molar-refractivity contribution in [3.05, 3.63) is 90.3 Å². The van der Waals surface area contributed by atoms with Crippen molar-refractivity contribution in [3.8, 4) is 5.95 Å². The molecule has 10 nitrogen and oxygen atoms in total. The van der Waals surface area contributed by atoms with E-state index < -0.39 is 12.2 Å². The van der Waals surface area contributed by atoms with Gasteiger partial charge in [-0.1, -0.05) is 30.3 Å². The van der Waals surface area contributed by atoms with E-state index in [0.29, 0.717) is 60.2 Å². The summed E-state index contributed by atoms with van der Waals surface area (Å²) in [6, 6.07) is 22.8. The van der Waals surface area contributed by atoms with Crippen LogP contribution in [0.25, 0.3) is 17.0 Å². The van der Waals surface area contributed by atoms with Gasteiger partial charge >= 0.3 is 0 Å². The largest absolute Gasteiger partial charge is 0.378 e. The van der Waals surface area contributed by atoms with Crippen LogP contribution in [0.3, 0.4) is 0 Å². The van der Waals surface area contributed by atoms with Crippen molar-refractivity contribution >= 4 is 40.2 Å². The minimum absolute atomic E-state index is 0.0156. The molecule has 1 aliphatic heterocycles. The number of hydrogen-bond donors (Lipinski definition) is 2. The molecular weight excluding hydrogens is 518 g/mol. The number of fused-ring (bicyclic) bond motifs is 1. The Kier molecular flexibility index (Phi) is 6.98. The van der Waals surface area contributed by atoms with Crippen molar-refractivity contribution in [2.75, 3.05) is 41.8 Å². The molecular formula is C28H24F2N8O2. The molecule has 0 unspecified atom stereocenters. The number of carbonyl (C=O) groups is 1. The molecule has 0 radical (unpaired) electrons. The monoisotopic (exact) mass is 542 g/mol. The van der Waals surface area contributed by atoms with Crippen molar-refractivity contribution in [1.29, 1.82) is 0 Å². The Hall–Kier alpha value is -4.97. The fraction of sp³-hybridized carbons (Fsp3) is 0.179. The lowest BCUT2D eigenvalue weighted by atomic mass is 10.2. The molecule has 1 saturated heterocycles. The number of imidazole rings is 1. The van der Waals surface area contributed by atoms with Gasteiger partial charge in [-0.05, 0) is 48.5 Å². The van der Waals surface area contributed by atoms with Crippen LogP contribution in [0.15, 0.2) is 78.9 Å². The van der Waals surface area contributed by atoms with Gasteiger partial charge in [-0.15, -0.1) is 0 Å². The van der Waals surface area contributed by atoms with E-state index in [1.165, 1.54) is 4.57 Å². The van der Waals surface area contributed by atoms with Crippen LogP contribution in [0.1, 0.15) is 22.6 Å². The highest BCUT2D eigenvalue weighted by Crippen LogP contribution is 2.28. The van der Waals surface area contributed by atoms with Crippen LogP contribution in [-0.4, -0.2) is 56.7 Å². The van der Waals surface area contributed by atoms with Crippen LogP contribution in [0.5, 0.6) is 0 Å². The fourth-order valence-electron chi connectivity index (χ4n) is 4.37. The van der Waals surface area contributed by atoms with Crippen LogP contribution in [0.4, 0.5) is 32.1 Å². The molecule has 12 heteroatoms. The highest BCUT2D eigenvalue weighted by molar-refractivity contribution is 6.04. The summed E-state index contributed by atoms with van der Waals surface area (Å²) < 4.78 is 34.8. The van der Waals surface area contributed by atoms with Crippen molar-refractivity contribution in [2.24, 2.45) is 0 Å². The van der Waals surface area contributed by atoms with Crippen LogP contribution in [0.2, 0.25) is 0 Å². The average Bonchev–Trinajstić information content (AvgIpc) is 3.39. The molecule has 6 rings (SSSR count). The summed E-state index contributed by atoms with van der Waals surface area (Å²) in [5, 5.41) is 5.97. The standard InChI is InChI=1S/C28H24F2N8O2/c29-23(30)24-33-21-8-4-5-9-22(21)38(24)28-35-26(34-27(36-28)37-14-16-40-17-15-37)32-20-12-10-18(11-13-20)25(39)31-19-6-2-1-3-7-19/h1-13,23H,14-17H2,(H,31,39)(H,32,34,35,36). The molecule has 202 valence electrons. The molecule has 1 aliphatic rings. The Labute approximate surface area is 227 Å². The van der Waals surface area contributed by atoms with E-state index in [4.69, 9.17) is 4.74 Å². The summed E-state index contributed by atoms with van der Waals surface area (Å²) >= 11 is 0. The molecule has 5 aromatic rings. The normalized spacial score (nSPS) is 13.5. The summed E-state index contributed by atoms with van der Waals surface area (Å²) in [6.07, 6.45) is -2.85. The number of amides is 1. The van der Waals surface area contributed by atoms with E-state index in [2.05, 4.69) is 30.6 Å². The van der Waals surface area contributed by atoms with E-state index >= 15 is 0 Å². The number of benzene rings is 3. The first-order valence-electron chi connectivity index (χ1n) is 12.6. The van der Waals surface area contributed by atoms with E-state index in [0.717, 1.165) is 0 Å². The SMILES string of the molecule is O=C(Nc1ccccc1)c1ccc(Nc2nc(N3CCOCC3)nc(-n3c(C(F)F)nc4ccccc43)n2)cc1. The first-order chi connectivity index (χ1) is 19.5. The van der Waals surface area contributed by atoms with Crippen molar-refractivity contribution in [2.45, 2.75) is 6.43 Å². The molecule has 0 atom stereocenters. The summed E-state index contributed by atoms with van der Waals surface area (Å²) in [4.78, 5) is 32.3. The van der Waals surface area contributed by atoms with Gasteiger partial charge in [0.25, 0.3) is 12.3 Å². The number of hydrogen-bond acceptors (Lipinski definition) is 8. The van der Waals surface area contributed by atoms with Gasteiger partial charge in [-0.3, -0.25) is 9.36 Å². The van der Waals surface area contributed by atoms with Crippen LogP contribution >= 0.6 is 0 Å². The Bertz CT molecular complexity index is 1640. The number of nitrogens with one attached hydrogen (secondary N) is 2. The lowest BCUT2D eigenvalue weighted by Crippen LogP contribution is -2.37. The third kappa shape index (κ3) is 5.29. The van der Waals surface area contributed by atoms with Gasteiger partial charge in [0.2, 0.25) is 17.8 Å². The molecule has 0 saturated carbocycles. The van der Waals surface area contributed by atoms with Crippen LogP contribution in [-0.2, 0) is 4.74 Å². The Balaban J connectivity index is 1.34. The molecule has 1 fully saturated rings. The van der Waals surface area contributed by atoms with Crippen LogP contribution in [0, 0.1) is 0 Å². The number of morpholine rings is 1. The number of alkyl halides is 2. The molecule has 0 spiro atoms. The Morgan fingerprint density at radius 1 is 0.800 bits per heavy atom. The number of halogens is 2. The van der Waals surface area contributed by atoms with Gasteiger partial charge in [0.05, 0.1) is 24.2 Å². The highest BCUT2D eigenvalue weighted by Gasteiger charge is 2.24. The molecule has 0 bridgehead atoms. The second-order valence-corrected chi connectivity index (χ2v) is 8.98. The van der Waals surface area contributed by atoms with Crippen molar-refractivity contribution in [3.63, 3.8) is 0 Å². The number of rotatable bonds is 7. The van der Waals surface area contributed by atoms with Gasteiger partial charge < -0.3 is 20.3 Å². The summed E-state index contributed by atoms with van der Waals surface area (Å²) in [6.45, 7) is 2.07. The molecule has 2 N–H and O–H groups in total. The minimum atomic E-state index is -2.85. The third-order valence-electron chi connectivity index (χ3n) is 6.32. The quantitative estimate of drug-likeness (QED) is 0.296. The van der Waals surface area contributed by atoms with Gasteiger partial charge in [-0.2, -0.15) is 15.0 Å². The number of aromatic nitrogens is 5. The smallest absolute Gasteiger partial charge is 0.296 e. The second-order valence-electron chi connectivity index (χ2n) is 8.98. The maximum atomic E-state index is 14.1. The Morgan fingerprint density at radius 2 is 1.50 bits per heavy atom.